The molecular weight excluding hydrogens is 200 g/mol. The topological polar surface area (TPSA) is 65.1 Å². The third kappa shape index (κ3) is 2.18. The van der Waals surface area contributed by atoms with Gasteiger partial charge in [0.15, 0.2) is 12.2 Å². The van der Waals surface area contributed by atoms with Gasteiger partial charge in [-0.1, -0.05) is 0 Å². The molecule has 0 aliphatic carbocycles. The third-order valence-corrected chi connectivity index (χ3v) is 2.38. The Labute approximate surface area is 87.0 Å². The van der Waals surface area contributed by atoms with Gasteiger partial charge in [-0.05, 0) is 13.0 Å². The van der Waals surface area contributed by atoms with Crippen LogP contribution in [0, 0.1) is 0 Å². The van der Waals surface area contributed by atoms with Gasteiger partial charge in [0.05, 0.1) is 6.10 Å². The fraction of sp³-hybridized carbons (Fsp3) is 0.600. The van der Waals surface area contributed by atoms with Crippen LogP contribution in [0.5, 0.6) is 0 Å². The third-order valence-electron chi connectivity index (χ3n) is 2.38. The van der Waals surface area contributed by atoms with E-state index in [9.17, 15) is 9.59 Å². The van der Waals surface area contributed by atoms with Gasteiger partial charge in [0, 0.05) is 13.0 Å². The van der Waals surface area contributed by atoms with E-state index in [0.717, 1.165) is 0 Å². The van der Waals surface area contributed by atoms with Crippen molar-refractivity contribution in [2.24, 2.45) is 0 Å². The van der Waals surface area contributed by atoms with Crippen molar-refractivity contribution in [3.05, 3.63) is 12.2 Å². The molecule has 0 N–H and O–H groups in total. The molecule has 0 aromatic rings. The smallest absolute Gasteiger partial charge is 0.331 e. The van der Waals surface area contributed by atoms with Crippen LogP contribution in [0.1, 0.15) is 13.8 Å². The summed E-state index contributed by atoms with van der Waals surface area (Å²) in [5.41, 5.74) is 0. The number of esters is 2. The van der Waals surface area contributed by atoms with Crippen molar-refractivity contribution in [3.63, 3.8) is 0 Å². The fourth-order valence-corrected chi connectivity index (χ4v) is 1.62. The largest absolute Gasteiger partial charge is 0.454 e. The van der Waals surface area contributed by atoms with Gasteiger partial charge in [-0.3, -0.25) is 4.79 Å². The van der Waals surface area contributed by atoms with E-state index < -0.39 is 24.1 Å². The predicted molar refractivity (Wildman–Crippen MR) is 48.9 cm³/mol. The summed E-state index contributed by atoms with van der Waals surface area (Å²) in [4.78, 5) is 21.9. The molecule has 0 aromatic heterocycles. The van der Waals surface area contributed by atoms with Crippen molar-refractivity contribution >= 4 is 11.9 Å². The molecule has 4 atom stereocenters. The number of hydrogen-bond acceptors (Lipinski definition) is 5. The molecule has 0 amide bonds. The van der Waals surface area contributed by atoms with E-state index in [1.165, 1.54) is 19.1 Å². The molecule has 0 saturated carbocycles. The molecule has 2 aliphatic rings. The van der Waals surface area contributed by atoms with Gasteiger partial charge < -0.3 is 14.2 Å². The molecule has 0 bridgehead atoms. The number of cyclic esters (lactones) is 1. The highest BCUT2D eigenvalue weighted by atomic mass is 16.6. The molecule has 0 spiro atoms. The molecule has 2 heterocycles. The zero-order chi connectivity index (χ0) is 11.0. The van der Waals surface area contributed by atoms with Crippen molar-refractivity contribution < 1.29 is 23.8 Å². The van der Waals surface area contributed by atoms with Crippen LogP contribution in [0.3, 0.4) is 0 Å². The van der Waals surface area contributed by atoms with Crippen molar-refractivity contribution in [1.82, 2.24) is 0 Å². The van der Waals surface area contributed by atoms with Crippen LogP contribution in [-0.2, 0) is 23.8 Å². The van der Waals surface area contributed by atoms with Crippen LogP contribution in [0.4, 0.5) is 0 Å². The Morgan fingerprint density at radius 2 is 2.13 bits per heavy atom. The van der Waals surface area contributed by atoms with Crippen LogP contribution in [0.25, 0.3) is 0 Å². The van der Waals surface area contributed by atoms with Gasteiger partial charge in [0.2, 0.25) is 0 Å². The number of hydrogen-bond donors (Lipinski definition) is 0. The predicted octanol–water partition coefficient (Wildman–Crippen LogP) is 0.187. The Kier molecular flexibility index (Phi) is 2.48. The van der Waals surface area contributed by atoms with Gasteiger partial charge in [-0.15, -0.1) is 0 Å². The molecule has 4 unspecified atom stereocenters. The van der Waals surface area contributed by atoms with Gasteiger partial charge in [0.25, 0.3) is 0 Å². The minimum absolute atomic E-state index is 0.0485. The summed E-state index contributed by atoms with van der Waals surface area (Å²) < 4.78 is 15.3. The molecule has 0 aromatic carbocycles. The maximum atomic E-state index is 11.0. The van der Waals surface area contributed by atoms with Gasteiger partial charge in [-0.2, -0.15) is 0 Å². The van der Waals surface area contributed by atoms with Crippen LogP contribution in [-0.4, -0.2) is 36.4 Å². The first-order valence-corrected chi connectivity index (χ1v) is 4.79. The van der Waals surface area contributed by atoms with E-state index in [0.29, 0.717) is 0 Å². The second kappa shape index (κ2) is 3.66. The lowest BCUT2D eigenvalue weighted by Gasteiger charge is -2.25. The van der Waals surface area contributed by atoms with Gasteiger partial charge in [-0.25, -0.2) is 4.79 Å². The molecule has 0 radical (unpaired) electrons. The van der Waals surface area contributed by atoms with Crippen molar-refractivity contribution in [3.8, 4) is 0 Å². The van der Waals surface area contributed by atoms with E-state index in [4.69, 9.17) is 14.2 Å². The highest BCUT2D eigenvalue weighted by molar-refractivity contribution is 5.83. The first kappa shape index (κ1) is 10.2. The summed E-state index contributed by atoms with van der Waals surface area (Å²) in [7, 11) is 0. The molecule has 1 saturated heterocycles. The Morgan fingerprint density at radius 1 is 1.47 bits per heavy atom. The second-order valence-corrected chi connectivity index (χ2v) is 3.64. The number of carbonyl (C=O) groups excluding carboxylic acids is 2. The standard InChI is InChI=1S/C10H12O5/c1-5-9(13-5)10-7(14-6(2)11)3-4-8(12)15-10/h3-5,7,9-10H,1-2H3. The van der Waals surface area contributed by atoms with Crippen LogP contribution < -0.4 is 0 Å². The SMILES string of the molecule is CC(=O)OC1C=CC(=O)OC1C1OC1C. The normalized spacial score (nSPS) is 38.4. The first-order valence-electron chi connectivity index (χ1n) is 4.79. The van der Waals surface area contributed by atoms with Gasteiger partial charge in [0.1, 0.15) is 6.10 Å². The average molecular weight is 212 g/mol. The lowest BCUT2D eigenvalue weighted by atomic mass is 10.1. The summed E-state index contributed by atoms with van der Waals surface area (Å²) in [5.74, 6) is -0.827. The van der Waals surface area contributed by atoms with Crippen molar-refractivity contribution in [2.45, 2.75) is 38.3 Å². The molecule has 1 fully saturated rings. The maximum Gasteiger partial charge on any atom is 0.331 e. The monoisotopic (exact) mass is 212 g/mol. The van der Waals surface area contributed by atoms with Crippen molar-refractivity contribution in [1.29, 1.82) is 0 Å². The molecule has 5 nitrogen and oxygen atoms in total. The van der Waals surface area contributed by atoms with E-state index in [1.54, 1.807) is 0 Å². The molecule has 2 aliphatic heterocycles. The Bertz CT molecular complexity index is 322. The Hall–Kier alpha value is -1.36. The lowest BCUT2D eigenvalue weighted by Crippen LogP contribution is -2.40. The summed E-state index contributed by atoms with van der Waals surface area (Å²) in [5, 5.41) is 0. The van der Waals surface area contributed by atoms with E-state index >= 15 is 0 Å². The average Bonchev–Trinajstić information content (AvgIpc) is 2.85. The Balaban J connectivity index is 2.07. The quantitative estimate of drug-likeness (QED) is 0.483. The van der Waals surface area contributed by atoms with Crippen molar-refractivity contribution in [2.75, 3.05) is 0 Å². The minimum Gasteiger partial charge on any atom is -0.454 e. The number of epoxide rings is 1. The molecule has 82 valence electrons. The molecule has 5 heteroatoms. The Morgan fingerprint density at radius 3 is 2.67 bits per heavy atom. The summed E-state index contributed by atoms with van der Waals surface area (Å²) >= 11 is 0. The fourth-order valence-electron chi connectivity index (χ4n) is 1.62. The van der Waals surface area contributed by atoms with Crippen LogP contribution in [0.15, 0.2) is 12.2 Å². The summed E-state index contributed by atoms with van der Waals surface area (Å²) in [6.45, 7) is 3.19. The number of ether oxygens (including phenoxy) is 3. The molecule has 2 rings (SSSR count). The zero-order valence-electron chi connectivity index (χ0n) is 8.51. The highest BCUT2D eigenvalue weighted by Gasteiger charge is 2.49. The van der Waals surface area contributed by atoms with Gasteiger partial charge >= 0.3 is 11.9 Å². The van der Waals surface area contributed by atoms with E-state index in [2.05, 4.69) is 0 Å². The number of carbonyl (C=O) groups is 2. The number of rotatable bonds is 2. The lowest BCUT2D eigenvalue weighted by molar-refractivity contribution is -0.163. The summed E-state index contributed by atoms with van der Waals surface area (Å²) in [6.07, 6.45) is 1.64. The van der Waals surface area contributed by atoms with E-state index in [-0.39, 0.29) is 12.2 Å². The highest BCUT2D eigenvalue weighted by Crippen LogP contribution is 2.31. The molecule has 15 heavy (non-hydrogen) atoms. The minimum atomic E-state index is -0.532. The maximum absolute atomic E-state index is 11.0. The zero-order valence-corrected chi connectivity index (χ0v) is 8.51. The van der Waals surface area contributed by atoms with Crippen LogP contribution in [0.2, 0.25) is 0 Å². The first-order chi connectivity index (χ1) is 7.08. The van der Waals surface area contributed by atoms with Crippen LogP contribution >= 0.6 is 0 Å². The second-order valence-electron chi connectivity index (χ2n) is 3.64. The van der Waals surface area contributed by atoms with E-state index in [1.807, 2.05) is 6.92 Å². The molecular formula is C10H12O5. The summed E-state index contributed by atoms with van der Waals surface area (Å²) in [6, 6.07) is 0.